The summed E-state index contributed by atoms with van der Waals surface area (Å²) in [6.07, 6.45) is 2.22. The third kappa shape index (κ3) is 2.10. The van der Waals surface area contributed by atoms with Crippen molar-refractivity contribution in [3.05, 3.63) is 23.8 Å². The van der Waals surface area contributed by atoms with Crippen LogP contribution >= 0.6 is 0 Å². The van der Waals surface area contributed by atoms with Gasteiger partial charge in [0, 0.05) is 14.1 Å². The van der Waals surface area contributed by atoms with Crippen LogP contribution < -0.4 is 9.64 Å². The number of anilines is 1. The van der Waals surface area contributed by atoms with Gasteiger partial charge in [-0.25, -0.2) is 4.79 Å². The molecule has 0 radical (unpaired) electrons. The van der Waals surface area contributed by atoms with Crippen molar-refractivity contribution in [2.45, 2.75) is 18.9 Å². The van der Waals surface area contributed by atoms with Gasteiger partial charge < -0.3 is 14.7 Å². The normalized spacial score (nSPS) is 14.6. The summed E-state index contributed by atoms with van der Waals surface area (Å²) in [4.78, 5) is 13.0. The molecule has 0 unspecified atom stereocenters. The Morgan fingerprint density at radius 1 is 1.44 bits per heavy atom. The van der Waals surface area contributed by atoms with Gasteiger partial charge in [-0.1, -0.05) is 6.07 Å². The van der Waals surface area contributed by atoms with Gasteiger partial charge in [0.15, 0.2) is 5.75 Å². The molecule has 16 heavy (non-hydrogen) atoms. The molecule has 2 rings (SSSR count). The summed E-state index contributed by atoms with van der Waals surface area (Å²) in [7, 11) is 3.75. The SMILES string of the molecule is CN(C)c1cccc(C(=O)O)c1OC1CC1. The first-order valence-electron chi connectivity index (χ1n) is 5.30. The van der Waals surface area contributed by atoms with Crippen molar-refractivity contribution in [3.63, 3.8) is 0 Å². The lowest BCUT2D eigenvalue weighted by Gasteiger charge is -2.19. The van der Waals surface area contributed by atoms with Crippen molar-refractivity contribution in [2.75, 3.05) is 19.0 Å². The molecule has 1 aliphatic carbocycles. The van der Waals surface area contributed by atoms with E-state index >= 15 is 0 Å². The van der Waals surface area contributed by atoms with Crippen LogP contribution in [0.4, 0.5) is 5.69 Å². The van der Waals surface area contributed by atoms with E-state index in [0.29, 0.717) is 5.75 Å². The second-order valence-corrected chi connectivity index (χ2v) is 4.17. The molecule has 1 aliphatic rings. The Morgan fingerprint density at radius 2 is 2.12 bits per heavy atom. The fourth-order valence-corrected chi connectivity index (χ4v) is 1.52. The van der Waals surface area contributed by atoms with E-state index in [-0.39, 0.29) is 11.7 Å². The molecule has 0 aliphatic heterocycles. The number of nitrogens with zero attached hydrogens (tertiary/aromatic N) is 1. The van der Waals surface area contributed by atoms with Crippen molar-refractivity contribution < 1.29 is 14.6 Å². The predicted octanol–water partition coefficient (Wildman–Crippen LogP) is 1.99. The molecule has 1 aromatic carbocycles. The summed E-state index contributed by atoms with van der Waals surface area (Å²) in [5.74, 6) is -0.457. The second kappa shape index (κ2) is 4.04. The van der Waals surface area contributed by atoms with Crippen LogP contribution in [0.1, 0.15) is 23.2 Å². The fourth-order valence-electron chi connectivity index (χ4n) is 1.52. The van der Waals surface area contributed by atoms with Crippen molar-refractivity contribution in [2.24, 2.45) is 0 Å². The molecule has 0 amide bonds. The number of carbonyl (C=O) groups is 1. The number of ether oxygens (including phenoxy) is 1. The molecule has 0 atom stereocenters. The van der Waals surface area contributed by atoms with Gasteiger partial charge in [-0.3, -0.25) is 0 Å². The number of carboxylic acids is 1. The number of aromatic carboxylic acids is 1. The standard InChI is InChI=1S/C12H15NO3/c1-13(2)10-5-3-4-9(12(14)15)11(10)16-8-6-7-8/h3-5,8H,6-7H2,1-2H3,(H,14,15). The second-order valence-electron chi connectivity index (χ2n) is 4.17. The number of hydrogen-bond acceptors (Lipinski definition) is 3. The number of para-hydroxylation sites is 1. The van der Waals surface area contributed by atoms with Gasteiger partial charge >= 0.3 is 5.97 Å². The summed E-state index contributed by atoms with van der Waals surface area (Å²) < 4.78 is 5.69. The van der Waals surface area contributed by atoms with E-state index in [1.54, 1.807) is 12.1 Å². The average molecular weight is 221 g/mol. The largest absolute Gasteiger partial charge is 0.487 e. The molecule has 1 saturated carbocycles. The van der Waals surface area contributed by atoms with Crippen molar-refractivity contribution in [1.82, 2.24) is 0 Å². The highest BCUT2D eigenvalue weighted by Crippen LogP contribution is 2.36. The Morgan fingerprint density at radius 3 is 2.62 bits per heavy atom. The number of benzene rings is 1. The molecule has 4 heteroatoms. The molecule has 0 saturated heterocycles. The maximum Gasteiger partial charge on any atom is 0.339 e. The Bertz CT molecular complexity index is 411. The molecule has 1 N–H and O–H groups in total. The van der Waals surface area contributed by atoms with Gasteiger partial charge in [0.1, 0.15) is 5.56 Å². The highest BCUT2D eigenvalue weighted by Gasteiger charge is 2.27. The molecule has 1 fully saturated rings. The van der Waals surface area contributed by atoms with Crippen LogP contribution in [0, 0.1) is 0 Å². The minimum atomic E-state index is -0.945. The van der Waals surface area contributed by atoms with E-state index in [1.165, 1.54) is 0 Å². The van der Waals surface area contributed by atoms with Gasteiger partial charge in [0.2, 0.25) is 0 Å². The lowest BCUT2D eigenvalue weighted by molar-refractivity contribution is 0.0692. The number of hydrogen-bond donors (Lipinski definition) is 1. The molecular weight excluding hydrogens is 206 g/mol. The predicted molar refractivity (Wildman–Crippen MR) is 61.4 cm³/mol. The first kappa shape index (κ1) is 10.8. The van der Waals surface area contributed by atoms with E-state index in [9.17, 15) is 4.79 Å². The lowest BCUT2D eigenvalue weighted by atomic mass is 10.1. The van der Waals surface area contributed by atoms with E-state index in [2.05, 4.69) is 0 Å². The molecule has 1 aromatic rings. The van der Waals surface area contributed by atoms with Crippen molar-refractivity contribution >= 4 is 11.7 Å². The van der Waals surface area contributed by atoms with Crippen LogP contribution in [0.15, 0.2) is 18.2 Å². The van der Waals surface area contributed by atoms with Crippen LogP contribution in [0.5, 0.6) is 5.75 Å². The zero-order chi connectivity index (χ0) is 11.7. The van der Waals surface area contributed by atoms with E-state index < -0.39 is 5.97 Å². The number of carboxylic acid groups (broad SMARTS) is 1. The molecule has 86 valence electrons. The molecule has 0 aromatic heterocycles. The molecule has 4 nitrogen and oxygen atoms in total. The summed E-state index contributed by atoms with van der Waals surface area (Å²) in [5.41, 5.74) is 1.05. The maximum absolute atomic E-state index is 11.1. The Labute approximate surface area is 94.4 Å². The molecule has 0 bridgehead atoms. The van der Waals surface area contributed by atoms with Gasteiger partial charge in [0.05, 0.1) is 11.8 Å². The third-order valence-corrected chi connectivity index (χ3v) is 2.52. The third-order valence-electron chi connectivity index (χ3n) is 2.52. The molecule has 0 spiro atoms. The van der Waals surface area contributed by atoms with Crippen molar-refractivity contribution in [3.8, 4) is 5.75 Å². The summed E-state index contributed by atoms with van der Waals surface area (Å²) in [6.45, 7) is 0. The minimum Gasteiger partial charge on any atom is -0.487 e. The monoisotopic (exact) mass is 221 g/mol. The quantitative estimate of drug-likeness (QED) is 0.844. The summed E-state index contributed by atoms with van der Waals surface area (Å²) >= 11 is 0. The van der Waals surface area contributed by atoms with E-state index in [1.807, 2.05) is 25.1 Å². The average Bonchev–Trinajstić information content (AvgIpc) is 3.01. The smallest absolute Gasteiger partial charge is 0.339 e. The van der Waals surface area contributed by atoms with Crippen molar-refractivity contribution in [1.29, 1.82) is 0 Å². The van der Waals surface area contributed by atoms with E-state index in [4.69, 9.17) is 9.84 Å². The first-order chi connectivity index (χ1) is 7.59. The highest BCUT2D eigenvalue weighted by molar-refractivity contribution is 5.93. The minimum absolute atomic E-state index is 0.194. The topological polar surface area (TPSA) is 49.8 Å². The van der Waals surface area contributed by atoms with Crippen LogP contribution in [-0.2, 0) is 0 Å². The zero-order valence-electron chi connectivity index (χ0n) is 9.43. The molecular formula is C12H15NO3. The highest BCUT2D eigenvalue weighted by atomic mass is 16.5. The van der Waals surface area contributed by atoms with Crippen LogP contribution in [0.25, 0.3) is 0 Å². The van der Waals surface area contributed by atoms with Gasteiger partial charge in [-0.2, -0.15) is 0 Å². The zero-order valence-corrected chi connectivity index (χ0v) is 9.43. The summed E-state index contributed by atoms with van der Waals surface area (Å²) in [6, 6.07) is 5.18. The van der Waals surface area contributed by atoms with Crippen LogP contribution in [-0.4, -0.2) is 31.3 Å². The van der Waals surface area contributed by atoms with Crippen LogP contribution in [0.2, 0.25) is 0 Å². The van der Waals surface area contributed by atoms with Gasteiger partial charge in [-0.05, 0) is 25.0 Å². The fraction of sp³-hybridized carbons (Fsp3) is 0.417. The van der Waals surface area contributed by atoms with Gasteiger partial charge in [-0.15, -0.1) is 0 Å². The summed E-state index contributed by atoms with van der Waals surface area (Å²) in [5, 5.41) is 9.11. The number of rotatable bonds is 4. The van der Waals surface area contributed by atoms with E-state index in [0.717, 1.165) is 18.5 Å². The van der Waals surface area contributed by atoms with Gasteiger partial charge in [0.25, 0.3) is 0 Å². The Hall–Kier alpha value is -1.71. The Balaban J connectivity index is 2.42. The first-order valence-corrected chi connectivity index (χ1v) is 5.30. The lowest BCUT2D eigenvalue weighted by Crippen LogP contribution is -2.14. The maximum atomic E-state index is 11.1. The van der Waals surface area contributed by atoms with Crippen LogP contribution in [0.3, 0.4) is 0 Å². The Kier molecular flexibility index (Phi) is 2.73. The molecule has 0 heterocycles.